The molecular weight excluding hydrogens is 296 g/mol. The predicted molar refractivity (Wildman–Crippen MR) is 83.0 cm³/mol. The monoisotopic (exact) mass is 312 g/mol. The minimum Gasteiger partial charge on any atom is -0.445 e. The summed E-state index contributed by atoms with van der Waals surface area (Å²) in [6.07, 6.45) is -0.382. The molecule has 0 saturated heterocycles. The van der Waals surface area contributed by atoms with Gasteiger partial charge in [-0.25, -0.2) is 4.79 Å². The summed E-state index contributed by atoms with van der Waals surface area (Å²) in [5.41, 5.74) is 2.07. The van der Waals surface area contributed by atoms with E-state index in [4.69, 9.17) is 4.74 Å². The Hall–Kier alpha value is -2.86. The molecule has 0 bridgehead atoms. The SMILES string of the molecule is O=C(N[C@H]1Cc2ccccc2N(O)C1=O)OCc1ccccc1. The minimum absolute atomic E-state index is 0.118. The third-order valence-electron chi connectivity index (χ3n) is 3.66. The van der Waals surface area contributed by atoms with Gasteiger partial charge in [-0.15, -0.1) is 0 Å². The number of alkyl carbamates (subject to hydrolysis) is 1. The van der Waals surface area contributed by atoms with Crippen molar-refractivity contribution in [1.82, 2.24) is 5.32 Å². The van der Waals surface area contributed by atoms with Gasteiger partial charge in [0.2, 0.25) is 0 Å². The Balaban J connectivity index is 1.62. The molecule has 0 aliphatic carbocycles. The molecule has 0 fully saturated rings. The van der Waals surface area contributed by atoms with Gasteiger partial charge in [0.1, 0.15) is 12.6 Å². The highest BCUT2D eigenvalue weighted by Crippen LogP contribution is 2.26. The zero-order chi connectivity index (χ0) is 16.2. The lowest BCUT2D eigenvalue weighted by Crippen LogP contribution is -2.51. The maximum absolute atomic E-state index is 12.1. The lowest BCUT2D eigenvalue weighted by atomic mass is 9.99. The number of hydrogen-bond acceptors (Lipinski definition) is 4. The molecule has 1 aliphatic rings. The molecule has 0 unspecified atom stereocenters. The molecule has 6 nitrogen and oxygen atoms in total. The van der Waals surface area contributed by atoms with Crippen LogP contribution in [0.4, 0.5) is 10.5 Å². The number of nitrogens with zero attached hydrogens (tertiary/aromatic N) is 1. The molecule has 2 N–H and O–H groups in total. The highest BCUT2D eigenvalue weighted by atomic mass is 16.5. The van der Waals surface area contributed by atoms with E-state index in [0.29, 0.717) is 17.2 Å². The molecule has 118 valence electrons. The van der Waals surface area contributed by atoms with Crippen molar-refractivity contribution >= 4 is 17.7 Å². The van der Waals surface area contributed by atoms with Crippen LogP contribution in [0.5, 0.6) is 0 Å². The highest BCUT2D eigenvalue weighted by molar-refractivity contribution is 5.99. The fourth-order valence-corrected chi connectivity index (χ4v) is 2.48. The molecule has 2 amide bonds. The van der Waals surface area contributed by atoms with Crippen LogP contribution in [0.3, 0.4) is 0 Å². The van der Waals surface area contributed by atoms with Crippen molar-refractivity contribution in [3.63, 3.8) is 0 Å². The molecule has 23 heavy (non-hydrogen) atoms. The number of fused-ring (bicyclic) bond motifs is 1. The Kier molecular flexibility index (Phi) is 4.25. The third kappa shape index (κ3) is 3.32. The summed E-state index contributed by atoms with van der Waals surface area (Å²) in [5.74, 6) is -0.583. The molecule has 6 heteroatoms. The molecule has 0 saturated carbocycles. The van der Waals surface area contributed by atoms with Gasteiger partial charge in [0.05, 0.1) is 5.69 Å². The standard InChI is InChI=1S/C17H16N2O4/c20-16-14(10-13-8-4-5-9-15(13)19(16)22)18-17(21)23-11-12-6-2-1-3-7-12/h1-9,14,22H,10-11H2,(H,18,21)/t14-/m0/s1. The van der Waals surface area contributed by atoms with Crippen molar-refractivity contribution in [1.29, 1.82) is 0 Å². The van der Waals surface area contributed by atoms with E-state index in [9.17, 15) is 14.8 Å². The number of carbonyl (C=O) groups excluding carboxylic acids is 2. The number of hydroxylamine groups is 1. The van der Waals surface area contributed by atoms with Crippen molar-refractivity contribution in [3.05, 3.63) is 65.7 Å². The Morgan fingerprint density at radius 2 is 1.87 bits per heavy atom. The van der Waals surface area contributed by atoms with Crippen LogP contribution in [0, 0.1) is 0 Å². The van der Waals surface area contributed by atoms with Crippen LogP contribution in [-0.4, -0.2) is 23.2 Å². The normalized spacial score (nSPS) is 16.7. The summed E-state index contributed by atoms with van der Waals surface area (Å²) in [5, 5.41) is 13.0. The van der Waals surface area contributed by atoms with Gasteiger partial charge in [0.15, 0.2) is 0 Å². The van der Waals surface area contributed by atoms with Crippen molar-refractivity contribution in [2.75, 3.05) is 5.06 Å². The maximum Gasteiger partial charge on any atom is 0.408 e. The van der Waals surface area contributed by atoms with Crippen LogP contribution in [0.1, 0.15) is 11.1 Å². The van der Waals surface area contributed by atoms with Gasteiger partial charge >= 0.3 is 6.09 Å². The summed E-state index contributed by atoms with van der Waals surface area (Å²) >= 11 is 0. The zero-order valence-electron chi connectivity index (χ0n) is 12.3. The largest absolute Gasteiger partial charge is 0.445 e. The second-order valence-electron chi connectivity index (χ2n) is 5.24. The average molecular weight is 312 g/mol. The van der Waals surface area contributed by atoms with E-state index in [0.717, 1.165) is 11.1 Å². The van der Waals surface area contributed by atoms with Gasteiger partial charge in [-0.3, -0.25) is 10.0 Å². The smallest absolute Gasteiger partial charge is 0.408 e. The van der Waals surface area contributed by atoms with Crippen molar-refractivity contribution in [2.24, 2.45) is 0 Å². The van der Waals surface area contributed by atoms with Gasteiger partial charge in [0.25, 0.3) is 5.91 Å². The number of nitrogens with one attached hydrogen (secondary N) is 1. The van der Waals surface area contributed by atoms with E-state index >= 15 is 0 Å². The van der Waals surface area contributed by atoms with E-state index in [1.165, 1.54) is 0 Å². The molecule has 0 radical (unpaired) electrons. The third-order valence-corrected chi connectivity index (χ3v) is 3.66. The van der Waals surface area contributed by atoms with Crippen molar-refractivity contribution < 1.29 is 19.5 Å². The minimum atomic E-state index is -0.849. The van der Waals surface area contributed by atoms with Gasteiger partial charge in [-0.05, 0) is 17.2 Å². The number of carbonyl (C=O) groups is 2. The number of rotatable bonds is 3. The number of anilines is 1. The topological polar surface area (TPSA) is 78.9 Å². The summed E-state index contributed by atoms with van der Waals surface area (Å²) in [7, 11) is 0. The number of benzene rings is 2. The van der Waals surface area contributed by atoms with Gasteiger partial charge < -0.3 is 10.1 Å². The summed E-state index contributed by atoms with van der Waals surface area (Å²) in [6.45, 7) is 0.118. The molecule has 2 aromatic carbocycles. The number of amides is 2. The quantitative estimate of drug-likeness (QED) is 0.852. The van der Waals surface area contributed by atoms with Crippen LogP contribution in [0.15, 0.2) is 54.6 Å². The Bertz CT molecular complexity index is 718. The Morgan fingerprint density at radius 1 is 1.17 bits per heavy atom. The average Bonchev–Trinajstić information content (AvgIpc) is 2.58. The summed E-state index contributed by atoms with van der Waals surface area (Å²) in [6, 6.07) is 15.4. The highest BCUT2D eigenvalue weighted by Gasteiger charge is 2.33. The molecule has 1 heterocycles. The lowest BCUT2D eigenvalue weighted by molar-refractivity contribution is -0.126. The van der Waals surface area contributed by atoms with Crippen LogP contribution < -0.4 is 10.4 Å². The van der Waals surface area contributed by atoms with Crippen LogP contribution >= 0.6 is 0 Å². The predicted octanol–water partition coefficient (Wildman–Crippen LogP) is 2.26. The van der Waals surface area contributed by atoms with E-state index in [-0.39, 0.29) is 6.61 Å². The first-order chi connectivity index (χ1) is 11.1. The second kappa shape index (κ2) is 6.50. The van der Waals surface area contributed by atoms with Crippen molar-refractivity contribution in [2.45, 2.75) is 19.1 Å². The lowest BCUT2D eigenvalue weighted by Gasteiger charge is -2.29. The first kappa shape index (κ1) is 15.1. The first-order valence-corrected chi connectivity index (χ1v) is 7.23. The van der Waals surface area contributed by atoms with Crippen LogP contribution in [-0.2, 0) is 22.6 Å². The Morgan fingerprint density at radius 3 is 2.65 bits per heavy atom. The zero-order valence-corrected chi connectivity index (χ0v) is 12.3. The fraction of sp³-hybridized carbons (Fsp3) is 0.176. The van der Waals surface area contributed by atoms with Gasteiger partial charge in [-0.1, -0.05) is 48.5 Å². The molecule has 2 aromatic rings. The van der Waals surface area contributed by atoms with Crippen LogP contribution in [0.2, 0.25) is 0 Å². The fourth-order valence-electron chi connectivity index (χ4n) is 2.48. The van der Waals surface area contributed by atoms with E-state index in [1.807, 2.05) is 36.4 Å². The molecule has 1 atom stereocenters. The molecule has 1 aliphatic heterocycles. The summed E-state index contributed by atoms with van der Waals surface area (Å²) in [4.78, 5) is 24.0. The number of hydrogen-bond donors (Lipinski definition) is 2. The maximum atomic E-state index is 12.1. The number of para-hydroxylation sites is 1. The first-order valence-electron chi connectivity index (χ1n) is 7.23. The molecule has 0 spiro atoms. The van der Waals surface area contributed by atoms with E-state index in [1.54, 1.807) is 18.2 Å². The molecule has 0 aromatic heterocycles. The number of ether oxygens (including phenoxy) is 1. The van der Waals surface area contributed by atoms with E-state index in [2.05, 4.69) is 5.32 Å². The molecule has 3 rings (SSSR count). The molecular formula is C17H16N2O4. The second-order valence-corrected chi connectivity index (χ2v) is 5.24. The van der Waals surface area contributed by atoms with Crippen LogP contribution in [0.25, 0.3) is 0 Å². The Labute approximate surface area is 133 Å². The van der Waals surface area contributed by atoms with E-state index < -0.39 is 18.0 Å². The van der Waals surface area contributed by atoms with Gasteiger partial charge in [0, 0.05) is 6.42 Å². The van der Waals surface area contributed by atoms with Crippen molar-refractivity contribution in [3.8, 4) is 0 Å². The van der Waals surface area contributed by atoms with Gasteiger partial charge in [-0.2, -0.15) is 5.06 Å². The summed E-state index contributed by atoms with van der Waals surface area (Å²) < 4.78 is 5.10.